The monoisotopic (exact) mass is 270 g/mol. The van der Waals surface area contributed by atoms with E-state index in [1.54, 1.807) is 0 Å². The van der Waals surface area contributed by atoms with Crippen LogP contribution in [0.1, 0.15) is 52.4 Å². The summed E-state index contributed by atoms with van der Waals surface area (Å²) in [5, 5.41) is 2.96. The number of rotatable bonds is 8. The van der Waals surface area contributed by atoms with Gasteiger partial charge in [0.05, 0.1) is 0 Å². The predicted molar refractivity (Wildman–Crippen MR) is 77.8 cm³/mol. The Labute approximate surface area is 117 Å². The number of nitrogens with one attached hydrogen (secondary N) is 1. The van der Waals surface area contributed by atoms with Gasteiger partial charge in [-0.25, -0.2) is 0 Å². The topological polar surface area (TPSA) is 64.3 Å². The Morgan fingerprint density at radius 1 is 1.37 bits per heavy atom. The highest BCUT2D eigenvalue weighted by atomic mass is 16.5. The van der Waals surface area contributed by atoms with Crippen molar-refractivity contribution in [2.75, 3.05) is 19.8 Å². The summed E-state index contributed by atoms with van der Waals surface area (Å²) in [7, 11) is 0. The van der Waals surface area contributed by atoms with Gasteiger partial charge < -0.3 is 15.8 Å². The van der Waals surface area contributed by atoms with Crippen LogP contribution in [0.5, 0.6) is 0 Å². The van der Waals surface area contributed by atoms with E-state index in [2.05, 4.69) is 19.2 Å². The molecular weight excluding hydrogens is 240 g/mol. The smallest absolute Gasteiger partial charge is 0.220 e. The van der Waals surface area contributed by atoms with Gasteiger partial charge in [-0.1, -0.05) is 26.7 Å². The van der Waals surface area contributed by atoms with Crippen LogP contribution in [0.3, 0.4) is 0 Å². The molecule has 1 rings (SSSR count). The summed E-state index contributed by atoms with van der Waals surface area (Å²) in [5.74, 6) is 1.10. The van der Waals surface area contributed by atoms with E-state index >= 15 is 0 Å². The molecule has 0 spiro atoms. The molecule has 0 saturated heterocycles. The van der Waals surface area contributed by atoms with Gasteiger partial charge in [0.1, 0.15) is 0 Å². The van der Waals surface area contributed by atoms with Crippen molar-refractivity contribution in [3.63, 3.8) is 0 Å². The third-order valence-corrected chi connectivity index (χ3v) is 3.65. The van der Waals surface area contributed by atoms with Crippen LogP contribution >= 0.6 is 0 Å². The molecule has 112 valence electrons. The molecule has 0 aromatic heterocycles. The Hall–Kier alpha value is -0.610. The van der Waals surface area contributed by atoms with Gasteiger partial charge in [0.2, 0.25) is 5.91 Å². The maximum Gasteiger partial charge on any atom is 0.220 e. The quantitative estimate of drug-likeness (QED) is 0.664. The lowest BCUT2D eigenvalue weighted by atomic mass is 9.83. The average molecular weight is 270 g/mol. The first-order valence-corrected chi connectivity index (χ1v) is 7.69. The third kappa shape index (κ3) is 7.53. The molecule has 0 aromatic carbocycles. The molecule has 0 bridgehead atoms. The van der Waals surface area contributed by atoms with Crippen molar-refractivity contribution in [2.24, 2.45) is 17.6 Å². The summed E-state index contributed by atoms with van der Waals surface area (Å²) < 4.78 is 5.47. The maximum absolute atomic E-state index is 11.8. The first-order valence-electron chi connectivity index (χ1n) is 7.69. The number of ether oxygens (including phenoxy) is 1. The van der Waals surface area contributed by atoms with Gasteiger partial charge in [-0.2, -0.15) is 0 Å². The van der Waals surface area contributed by atoms with Crippen LogP contribution in [-0.4, -0.2) is 31.7 Å². The highest BCUT2D eigenvalue weighted by molar-refractivity contribution is 5.76. The average Bonchev–Trinajstić information content (AvgIpc) is 2.36. The summed E-state index contributed by atoms with van der Waals surface area (Å²) in [6, 6.07) is 0.217. The minimum Gasteiger partial charge on any atom is -0.381 e. The van der Waals surface area contributed by atoms with Crippen LogP contribution in [0.25, 0.3) is 0 Å². The van der Waals surface area contributed by atoms with Gasteiger partial charge >= 0.3 is 0 Å². The summed E-state index contributed by atoms with van der Waals surface area (Å²) in [4.78, 5) is 11.8. The van der Waals surface area contributed by atoms with Crippen molar-refractivity contribution >= 4 is 5.91 Å². The van der Waals surface area contributed by atoms with Crippen molar-refractivity contribution in [3.8, 4) is 0 Å². The second-order valence-electron chi connectivity index (χ2n) is 6.08. The Bertz CT molecular complexity index is 257. The fourth-order valence-electron chi connectivity index (χ4n) is 2.52. The summed E-state index contributed by atoms with van der Waals surface area (Å²) in [5.41, 5.74) is 6.05. The van der Waals surface area contributed by atoms with Crippen LogP contribution in [0.4, 0.5) is 0 Å². The molecule has 0 aliphatic heterocycles. The van der Waals surface area contributed by atoms with E-state index in [0.717, 1.165) is 32.5 Å². The molecular formula is C15H30N2O2. The van der Waals surface area contributed by atoms with Crippen LogP contribution in [0, 0.1) is 11.8 Å². The molecule has 1 saturated carbocycles. The molecule has 1 aliphatic rings. The number of hydrogen-bond acceptors (Lipinski definition) is 3. The fraction of sp³-hybridized carbons (Fsp3) is 0.933. The molecule has 19 heavy (non-hydrogen) atoms. The lowest BCUT2D eigenvalue weighted by Crippen LogP contribution is -2.37. The van der Waals surface area contributed by atoms with Crippen LogP contribution in [0.15, 0.2) is 0 Å². The molecule has 0 radical (unpaired) electrons. The molecule has 4 heteroatoms. The van der Waals surface area contributed by atoms with E-state index in [1.165, 1.54) is 12.8 Å². The first-order chi connectivity index (χ1) is 9.09. The molecule has 4 nitrogen and oxygen atoms in total. The van der Waals surface area contributed by atoms with Crippen molar-refractivity contribution in [1.82, 2.24) is 5.32 Å². The van der Waals surface area contributed by atoms with E-state index in [0.29, 0.717) is 24.8 Å². The number of amides is 1. The van der Waals surface area contributed by atoms with Gasteiger partial charge in [0.25, 0.3) is 0 Å². The standard InChI is InChI=1S/C15H30N2O2/c1-12(2)11-19-9-5-8-17-15(18)10-13-6-3-4-7-14(13)16/h12-14H,3-11,16H2,1-2H3,(H,17,18). The molecule has 2 atom stereocenters. The predicted octanol–water partition coefficient (Wildman–Crippen LogP) is 2.07. The summed E-state index contributed by atoms with van der Waals surface area (Å²) >= 11 is 0. The highest BCUT2D eigenvalue weighted by Gasteiger charge is 2.23. The van der Waals surface area contributed by atoms with Crippen molar-refractivity contribution in [2.45, 2.75) is 58.4 Å². The van der Waals surface area contributed by atoms with E-state index in [1.807, 2.05) is 0 Å². The van der Waals surface area contributed by atoms with Crippen molar-refractivity contribution in [1.29, 1.82) is 0 Å². The van der Waals surface area contributed by atoms with Gasteiger partial charge in [0.15, 0.2) is 0 Å². The van der Waals surface area contributed by atoms with E-state index in [9.17, 15) is 4.79 Å². The molecule has 1 amide bonds. The van der Waals surface area contributed by atoms with Crippen LogP contribution in [-0.2, 0) is 9.53 Å². The lowest BCUT2D eigenvalue weighted by molar-refractivity contribution is -0.122. The zero-order chi connectivity index (χ0) is 14.1. The number of hydrogen-bond donors (Lipinski definition) is 2. The zero-order valence-electron chi connectivity index (χ0n) is 12.5. The van der Waals surface area contributed by atoms with Gasteiger partial charge in [0, 0.05) is 32.2 Å². The van der Waals surface area contributed by atoms with Crippen LogP contribution < -0.4 is 11.1 Å². The van der Waals surface area contributed by atoms with Gasteiger partial charge in [-0.15, -0.1) is 0 Å². The normalized spacial score (nSPS) is 23.6. The molecule has 0 heterocycles. The second-order valence-corrected chi connectivity index (χ2v) is 6.08. The maximum atomic E-state index is 11.8. The fourth-order valence-corrected chi connectivity index (χ4v) is 2.52. The summed E-state index contributed by atoms with van der Waals surface area (Å²) in [6.45, 7) is 6.50. The molecule has 2 unspecified atom stereocenters. The second kappa shape index (κ2) is 9.32. The van der Waals surface area contributed by atoms with E-state index in [-0.39, 0.29) is 11.9 Å². The van der Waals surface area contributed by atoms with Gasteiger partial charge in [-0.3, -0.25) is 4.79 Å². The Morgan fingerprint density at radius 3 is 2.79 bits per heavy atom. The number of nitrogens with two attached hydrogens (primary N) is 1. The molecule has 0 aromatic rings. The highest BCUT2D eigenvalue weighted by Crippen LogP contribution is 2.25. The van der Waals surface area contributed by atoms with E-state index in [4.69, 9.17) is 10.5 Å². The summed E-state index contributed by atoms with van der Waals surface area (Å²) in [6.07, 6.45) is 6.08. The lowest BCUT2D eigenvalue weighted by Gasteiger charge is -2.27. The van der Waals surface area contributed by atoms with Crippen molar-refractivity contribution in [3.05, 3.63) is 0 Å². The van der Waals surface area contributed by atoms with Crippen molar-refractivity contribution < 1.29 is 9.53 Å². The number of carbonyl (C=O) groups is 1. The number of carbonyl (C=O) groups excluding carboxylic acids is 1. The molecule has 1 fully saturated rings. The largest absolute Gasteiger partial charge is 0.381 e. The Morgan fingerprint density at radius 2 is 2.11 bits per heavy atom. The first kappa shape index (κ1) is 16.4. The minimum atomic E-state index is 0.145. The minimum absolute atomic E-state index is 0.145. The SMILES string of the molecule is CC(C)COCCCNC(=O)CC1CCCCC1N. The Balaban J connectivity index is 2.01. The Kier molecular flexibility index (Phi) is 8.07. The molecule has 3 N–H and O–H groups in total. The molecule has 1 aliphatic carbocycles. The van der Waals surface area contributed by atoms with Crippen LogP contribution in [0.2, 0.25) is 0 Å². The van der Waals surface area contributed by atoms with Gasteiger partial charge in [-0.05, 0) is 31.1 Å². The third-order valence-electron chi connectivity index (χ3n) is 3.65. The zero-order valence-corrected chi connectivity index (χ0v) is 12.5. The van der Waals surface area contributed by atoms with E-state index < -0.39 is 0 Å².